The molecule has 0 fully saturated rings. The van der Waals surface area contributed by atoms with E-state index in [1.54, 1.807) is 24.3 Å². The Morgan fingerprint density at radius 3 is 2.44 bits per heavy atom. The monoisotopic (exact) mass is 284 g/mol. The van der Waals surface area contributed by atoms with Crippen molar-refractivity contribution in [1.29, 1.82) is 0 Å². The van der Waals surface area contributed by atoms with Gasteiger partial charge in [-0.25, -0.2) is 4.79 Å². The van der Waals surface area contributed by atoms with E-state index in [1.165, 1.54) is 12.1 Å². The van der Waals surface area contributed by atoms with E-state index in [0.29, 0.717) is 15.7 Å². The third-order valence-electron chi connectivity index (χ3n) is 2.22. The Labute approximate surface area is 111 Å². The first-order valence-electron chi connectivity index (χ1n) is 5.02. The molecule has 2 aromatic rings. The first kappa shape index (κ1) is 12.9. The molecule has 1 unspecified atom stereocenters. The van der Waals surface area contributed by atoms with E-state index < -0.39 is 16.8 Å². The van der Waals surface area contributed by atoms with Gasteiger partial charge in [-0.1, -0.05) is 11.6 Å². The van der Waals surface area contributed by atoms with Crippen LogP contribution in [-0.4, -0.2) is 15.3 Å². The zero-order valence-electron chi connectivity index (χ0n) is 9.13. The topological polar surface area (TPSA) is 67.5 Å². The number of carboxylic acids is 1. The summed E-state index contributed by atoms with van der Waals surface area (Å²) in [6.07, 6.45) is 0. The molecule has 0 amide bonds. The van der Waals surface area contributed by atoms with Gasteiger partial charge in [0.1, 0.15) is 5.76 Å². The number of carboxylic acid groups (broad SMARTS) is 1. The normalized spacial score (nSPS) is 12.3. The summed E-state index contributed by atoms with van der Waals surface area (Å²) in [6.45, 7) is 0. The highest BCUT2D eigenvalue weighted by atomic mass is 35.5. The largest absolute Gasteiger partial charge is 0.475 e. The van der Waals surface area contributed by atoms with Crippen LogP contribution in [0.25, 0.3) is 0 Å². The summed E-state index contributed by atoms with van der Waals surface area (Å²) in [5, 5.41) is 9.27. The maximum absolute atomic E-state index is 12.0. The molecular formula is C12H9ClO4S. The second kappa shape index (κ2) is 5.37. The van der Waals surface area contributed by atoms with E-state index in [0.717, 1.165) is 0 Å². The SMILES string of the molecule is O=C(O)c1ccc(CS(=O)c2ccc(Cl)cc2)o1. The lowest BCUT2D eigenvalue weighted by molar-refractivity contribution is 0.0661. The van der Waals surface area contributed by atoms with Crippen molar-refractivity contribution in [2.45, 2.75) is 10.6 Å². The smallest absolute Gasteiger partial charge is 0.371 e. The van der Waals surface area contributed by atoms with E-state index in [-0.39, 0.29) is 11.5 Å². The van der Waals surface area contributed by atoms with Crippen LogP contribution < -0.4 is 0 Å². The molecule has 0 aliphatic rings. The van der Waals surface area contributed by atoms with Gasteiger partial charge < -0.3 is 9.52 Å². The Hall–Kier alpha value is -1.59. The van der Waals surface area contributed by atoms with Crippen LogP contribution in [0, 0.1) is 0 Å². The van der Waals surface area contributed by atoms with Crippen molar-refractivity contribution in [3.05, 3.63) is 52.9 Å². The first-order chi connectivity index (χ1) is 8.56. The molecule has 1 heterocycles. The molecule has 0 saturated heterocycles. The lowest BCUT2D eigenvalue weighted by Crippen LogP contribution is -1.96. The molecule has 1 aromatic heterocycles. The van der Waals surface area contributed by atoms with Crippen molar-refractivity contribution in [2.75, 3.05) is 0 Å². The molecule has 2 rings (SSSR count). The van der Waals surface area contributed by atoms with E-state index in [1.807, 2.05) is 0 Å². The summed E-state index contributed by atoms with van der Waals surface area (Å²) >= 11 is 5.73. The molecule has 0 saturated carbocycles. The van der Waals surface area contributed by atoms with Crippen LogP contribution in [-0.2, 0) is 16.6 Å². The van der Waals surface area contributed by atoms with Crippen molar-refractivity contribution < 1.29 is 18.5 Å². The number of rotatable bonds is 4. The maximum Gasteiger partial charge on any atom is 0.371 e. The van der Waals surface area contributed by atoms with Crippen LogP contribution in [0.3, 0.4) is 0 Å². The average molecular weight is 285 g/mol. The number of aromatic carboxylic acids is 1. The molecule has 0 aliphatic carbocycles. The molecule has 1 N–H and O–H groups in total. The molecule has 1 atom stereocenters. The number of hydrogen-bond acceptors (Lipinski definition) is 3. The third kappa shape index (κ3) is 3.00. The molecule has 4 nitrogen and oxygen atoms in total. The van der Waals surface area contributed by atoms with Gasteiger partial charge in [-0.15, -0.1) is 0 Å². The van der Waals surface area contributed by atoms with Gasteiger partial charge in [-0.2, -0.15) is 0 Å². The van der Waals surface area contributed by atoms with Crippen LogP contribution >= 0.6 is 11.6 Å². The number of carbonyl (C=O) groups is 1. The van der Waals surface area contributed by atoms with Gasteiger partial charge in [-0.05, 0) is 36.4 Å². The molecule has 0 radical (unpaired) electrons. The van der Waals surface area contributed by atoms with Crippen molar-refractivity contribution in [2.24, 2.45) is 0 Å². The summed E-state index contributed by atoms with van der Waals surface area (Å²) in [5.74, 6) is -0.785. The molecule has 94 valence electrons. The average Bonchev–Trinajstić information content (AvgIpc) is 2.78. The summed E-state index contributed by atoms with van der Waals surface area (Å²) in [4.78, 5) is 11.2. The lowest BCUT2D eigenvalue weighted by Gasteiger charge is -2.00. The summed E-state index contributed by atoms with van der Waals surface area (Å²) in [5.41, 5.74) is 0. The van der Waals surface area contributed by atoms with Gasteiger partial charge >= 0.3 is 5.97 Å². The highest BCUT2D eigenvalue weighted by Gasteiger charge is 2.12. The fraction of sp³-hybridized carbons (Fsp3) is 0.0833. The van der Waals surface area contributed by atoms with Crippen LogP contribution in [0.4, 0.5) is 0 Å². The van der Waals surface area contributed by atoms with Gasteiger partial charge in [0.15, 0.2) is 0 Å². The Morgan fingerprint density at radius 1 is 1.22 bits per heavy atom. The van der Waals surface area contributed by atoms with Gasteiger partial charge in [0, 0.05) is 9.92 Å². The lowest BCUT2D eigenvalue weighted by atomic mass is 10.4. The second-order valence-electron chi connectivity index (χ2n) is 3.51. The van der Waals surface area contributed by atoms with Gasteiger partial charge in [0.25, 0.3) is 0 Å². The quantitative estimate of drug-likeness (QED) is 0.937. The van der Waals surface area contributed by atoms with E-state index in [2.05, 4.69) is 0 Å². The fourth-order valence-electron chi connectivity index (χ4n) is 1.37. The first-order valence-corrected chi connectivity index (χ1v) is 6.72. The van der Waals surface area contributed by atoms with Crippen molar-refractivity contribution >= 4 is 28.4 Å². The molecular weight excluding hydrogens is 276 g/mol. The molecule has 6 heteroatoms. The predicted molar refractivity (Wildman–Crippen MR) is 67.2 cm³/mol. The van der Waals surface area contributed by atoms with Gasteiger partial charge in [0.2, 0.25) is 5.76 Å². The molecule has 0 aliphatic heterocycles. The zero-order chi connectivity index (χ0) is 13.1. The van der Waals surface area contributed by atoms with Crippen LogP contribution in [0.5, 0.6) is 0 Å². The number of hydrogen-bond donors (Lipinski definition) is 1. The Bertz CT molecular complexity index is 588. The van der Waals surface area contributed by atoms with Gasteiger partial charge in [0.05, 0.1) is 16.6 Å². The highest BCUT2D eigenvalue weighted by Crippen LogP contribution is 2.17. The van der Waals surface area contributed by atoms with E-state index >= 15 is 0 Å². The van der Waals surface area contributed by atoms with Crippen molar-refractivity contribution in [1.82, 2.24) is 0 Å². The summed E-state index contributed by atoms with van der Waals surface area (Å²) < 4.78 is 17.0. The molecule has 18 heavy (non-hydrogen) atoms. The van der Waals surface area contributed by atoms with Crippen molar-refractivity contribution in [3.63, 3.8) is 0 Å². The number of halogens is 1. The summed E-state index contributed by atoms with van der Waals surface area (Å²) in [6, 6.07) is 9.49. The van der Waals surface area contributed by atoms with E-state index in [9.17, 15) is 9.00 Å². The van der Waals surface area contributed by atoms with Crippen LogP contribution in [0.2, 0.25) is 5.02 Å². The molecule has 1 aromatic carbocycles. The summed E-state index contributed by atoms with van der Waals surface area (Å²) in [7, 11) is -1.29. The second-order valence-corrected chi connectivity index (χ2v) is 5.40. The van der Waals surface area contributed by atoms with Crippen LogP contribution in [0.15, 0.2) is 45.7 Å². The minimum absolute atomic E-state index is 0.134. The van der Waals surface area contributed by atoms with Crippen molar-refractivity contribution in [3.8, 4) is 0 Å². The van der Waals surface area contributed by atoms with E-state index in [4.69, 9.17) is 21.1 Å². The maximum atomic E-state index is 12.0. The fourth-order valence-corrected chi connectivity index (χ4v) is 2.52. The molecule has 0 bridgehead atoms. The Balaban J connectivity index is 2.11. The zero-order valence-corrected chi connectivity index (χ0v) is 10.7. The standard InChI is InChI=1S/C12H9ClO4S/c13-8-1-4-10(5-2-8)18(16)7-9-3-6-11(17-9)12(14)15/h1-6H,7H2,(H,14,15). The highest BCUT2D eigenvalue weighted by molar-refractivity contribution is 7.84. The van der Waals surface area contributed by atoms with Gasteiger partial charge in [-0.3, -0.25) is 4.21 Å². The Kier molecular flexibility index (Phi) is 3.84. The predicted octanol–water partition coefficient (Wildman–Crippen LogP) is 2.94. The Morgan fingerprint density at radius 2 is 1.89 bits per heavy atom. The minimum Gasteiger partial charge on any atom is -0.475 e. The van der Waals surface area contributed by atoms with Crippen LogP contribution in [0.1, 0.15) is 16.3 Å². The minimum atomic E-state index is -1.29. The number of furan rings is 1. The molecule has 0 spiro atoms. The third-order valence-corrected chi connectivity index (χ3v) is 3.82. The number of benzene rings is 1.